The van der Waals surface area contributed by atoms with Gasteiger partial charge in [0, 0.05) is 13.0 Å². The largest absolute Gasteiger partial charge is 0.242 e. The molecule has 0 bridgehead atoms. The summed E-state index contributed by atoms with van der Waals surface area (Å²) in [7, 11) is -3.80. The summed E-state index contributed by atoms with van der Waals surface area (Å²) in [5, 5.41) is -0.0328. The van der Waals surface area contributed by atoms with Gasteiger partial charge >= 0.3 is 0 Å². The first-order valence-electron chi connectivity index (χ1n) is 4.35. The van der Waals surface area contributed by atoms with Crippen molar-refractivity contribution >= 4 is 21.6 Å². The molecule has 0 saturated heterocycles. The van der Waals surface area contributed by atoms with Crippen LogP contribution < -0.4 is 4.72 Å². The predicted molar refractivity (Wildman–Crippen MR) is 60.0 cm³/mol. The highest BCUT2D eigenvalue weighted by molar-refractivity contribution is 7.89. The van der Waals surface area contributed by atoms with Gasteiger partial charge in [-0.25, -0.2) is 17.5 Å². The molecule has 0 fully saturated rings. The lowest BCUT2D eigenvalue weighted by Gasteiger charge is -2.06. The van der Waals surface area contributed by atoms with Crippen LogP contribution in [0.1, 0.15) is 6.42 Å². The predicted octanol–water partition coefficient (Wildman–Crippen LogP) is 1.78. The molecule has 16 heavy (non-hydrogen) atoms. The molecule has 86 valence electrons. The normalized spacial score (nSPS) is 11.1. The molecule has 0 aromatic heterocycles. The summed E-state index contributed by atoms with van der Waals surface area (Å²) in [4.78, 5) is -0.286. The van der Waals surface area contributed by atoms with Gasteiger partial charge in [0.25, 0.3) is 0 Å². The molecule has 1 rings (SSSR count). The van der Waals surface area contributed by atoms with Gasteiger partial charge in [-0.05, 0) is 18.2 Å². The van der Waals surface area contributed by atoms with Crippen LogP contribution in [0.4, 0.5) is 4.39 Å². The Morgan fingerprint density at radius 1 is 1.50 bits per heavy atom. The fourth-order valence-electron chi connectivity index (χ4n) is 1.02. The summed E-state index contributed by atoms with van der Waals surface area (Å²) in [6.45, 7) is 0.0890. The SMILES string of the molecule is C#CCCNS(=O)(=O)c1cc(F)ccc1Cl. The average molecular weight is 262 g/mol. The summed E-state index contributed by atoms with van der Waals surface area (Å²) in [5.74, 6) is 1.62. The van der Waals surface area contributed by atoms with Gasteiger partial charge in [-0.2, -0.15) is 0 Å². The number of benzene rings is 1. The monoisotopic (exact) mass is 261 g/mol. The first-order chi connectivity index (χ1) is 7.47. The van der Waals surface area contributed by atoms with Gasteiger partial charge in [-0.15, -0.1) is 12.3 Å². The summed E-state index contributed by atoms with van der Waals surface area (Å²) in [5.41, 5.74) is 0. The molecule has 1 aromatic rings. The molecular weight excluding hydrogens is 253 g/mol. The molecule has 0 unspecified atom stereocenters. The molecular formula is C10H9ClFNO2S. The molecule has 6 heteroatoms. The Kier molecular flexibility index (Phi) is 4.30. The lowest BCUT2D eigenvalue weighted by molar-refractivity contribution is 0.578. The fraction of sp³-hybridized carbons (Fsp3) is 0.200. The molecule has 0 amide bonds. The van der Waals surface area contributed by atoms with Gasteiger partial charge in [-0.3, -0.25) is 0 Å². The van der Waals surface area contributed by atoms with Crippen molar-refractivity contribution in [2.24, 2.45) is 0 Å². The van der Waals surface area contributed by atoms with Gasteiger partial charge in [-0.1, -0.05) is 11.6 Å². The standard InChI is InChI=1S/C10H9ClFNO2S/c1-2-3-6-13-16(14,15)10-7-8(12)4-5-9(10)11/h1,4-5,7,13H,3,6H2. The van der Waals surface area contributed by atoms with Crippen LogP contribution in [-0.4, -0.2) is 15.0 Å². The number of terminal acetylenes is 1. The lowest BCUT2D eigenvalue weighted by Crippen LogP contribution is -2.25. The van der Waals surface area contributed by atoms with E-state index in [1.807, 2.05) is 0 Å². The quantitative estimate of drug-likeness (QED) is 0.663. The first kappa shape index (κ1) is 13.0. The minimum absolute atomic E-state index is 0.0328. The van der Waals surface area contributed by atoms with E-state index < -0.39 is 15.8 Å². The maximum absolute atomic E-state index is 12.9. The summed E-state index contributed by atoms with van der Waals surface area (Å²) < 4.78 is 38.4. The van der Waals surface area contributed by atoms with E-state index in [2.05, 4.69) is 10.6 Å². The van der Waals surface area contributed by atoms with Crippen LogP contribution in [0.3, 0.4) is 0 Å². The molecule has 0 radical (unpaired) electrons. The maximum Gasteiger partial charge on any atom is 0.242 e. The van der Waals surface area contributed by atoms with E-state index in [9.17, 15) is 12.8 Å². The number of hydrogen-bond donors (Lipinski definition) is 1. The van der Waals surface area contributed by atoms with Crippen LogP contribution in [-0.2, 0) is 10.0 Å². The van der Waals surface area contributed by atoms with Crippen molar-refractivity contribution in [1.82, 2.24) is 4.72 Å². The summed E-state index contributed by atoms with van der Waals surface area (Å²) in [6.07, 6.45) is 5.24. The van der Waals surface area contributed by atoms with Crippen LogP contribution in [0.25, 0.3) is 0 Å². The highest BCUT2D eigenvalue weighted by Crippen LogP contribution is 2.21. The van der Waals surface area contributed by atoms with Crippen molar-refractivity contribution in [1.29, 1.82) is 0 Å². The van der Waals surface area contributed by atoms with E-state index in [-0.39, 0.29) is 22.9 Å². The molecule has 0 heterocycles. The Labute approximate surface area is 98.7 Å². The highest BCUT2D eigenvalue weighted by atomic mass is 35.5. The maximum atomic E-state index is 12.9. The van der Waals surface area contributed by atoms with Crippen molar-refractivity contribution in [3.8, 4) is 12.3 Å². The number of rotatable bonds is 4. The third-order valence-corrected chi connectivity index (χ3v) is 3.69. The summed E-state index contributed by atoms with van der Waals surface area (Å²) in [6, 6.07) is 3.13. The third kappa shape index (κ3) is 3.20. The smallest absolute Gasteiger partial charge is 0.210 e. The average Bonchev–Trinajstić information content (AvgIpc) is 2.22. The molecule has 1 N–H and O–H groups in total. The highest BCUT2D eigenvalue weighted by Gasteiger charge is 2.17. The van der Waals surface area contributed by atoms with Crippen molar-refractivity contribution in [3.05, 3.63) is 29.0 Å². The Morgan fingerprint density at radius 3 is 2.81 bits per heavy atom. The van der Waals surface area contributed by atoms with Gasteiger partial charge < -0.3 is 0 Å². The van der Waals surface area contributed by atoms with E-state index in [4.69, 9.17) is 18.0 Å². The molecule has 0 aliphatic rings. The first-order valence-corrected chi connectivity index (χ1v) is 6.21. The number of nitrogens with one attached hydrogen (secondary N) is 1. The third-order valence-electron chi connectivity index (χ3n) is 1.74. The molecule has 1 aromatic carbocycles. The number of sulfonamides is 1. The summed E-state index contributed by atoms with van der Waals surface area (Å²) >= 11 is 5.67. The van der Waals surface area contributed by atoms with E-state index in [1.165, 1.54) is 6.07 Å². The van der Waals surface area contributed by atoms with Crippen LogP contribution in [0.15, 0.2) is 23.1 Å². The van der Waals surface area contributed by atoms with Crippen molar-refractivity contribution in [2.75, 3.05) is 6.54 Å². The second-order valence-corrected chi connectivity index (χ2v) is 5.07. The van der Waals surface area contributed by atoms with E-state index in [0.29, 0.717) is 0 Å². The van der Waals surface area contributed by atoms with Crippen LogP contribution >= 0.6 is 11.6 Å². The van der Waals surface area contributed by atoms with Crippen molar-refractivity contribution in [3.63, 3.8) is 0 Å². The molecule has 0 aliphatic carbocycles. The van der Waals surface area contributed by atoms with Gasteiger partial charge in [0.05, 0.1) is 5.02 Å². The van der Waals surface area contributed by atoms with Gasteiger partial charge in [0.15, 0.2) is 0 Å². The molecule has 3 nitrogen and oxygen atoms in total. The minimum atomic E-state index is -3.80. The Balaban J connectivity index is 2.99. The second-order valence-electron chi connectivity index (χ2n) is 2.93. The molecule has 0 aliphatic heterocycles. The second kappa shape index (κ2) is 5.30. The van der Waals surface area contributed by atoms with E-state index in [1.54, 1.807) is 0 Å². The lowest BCUT2D eigenvalue weighted by atomic mass is 10.3. The molecule has 0 saturated carbocycles. The van der Waals surface area contributed by atoms with Crippen LogP contribution in [0.2, 0.25) is 5.02 Å². The zero-order valence-electron chi connectivity index (χ0n) is 8.20. The number of hydrogen-bond acceptors (Lipinski definition) is 2. The van der Waals surface area contributed by atoms with Crippen molar-refractivity contribution < 1.29 is 12.8 Å². The van der Waals surface area contributed by atoms with E-state index in [0.717, 1.165) is 12.1 Å². The Bertz CT molecular complexity index is 522. The Morgan fingerprint density at radius 2 is 2.19 bits per heavy atom. The van der Waals surface area contributed by atoms with Gasteiger partial charge in [0.2, 0.25) is 10.0 Å². The fourth-order valence-corrected chi connectivity index (χ4v) is 2.56. The molecule has 0 spiro atoms. The minimum Gasteiger partial charge on any atom is -0.210 e. The topological polar surface area (TPSA) is 46.2 Å². The van der Waals surface area contributed by atoms with Crippen LogP contribution in [0.5, 0.6) is 0 Å². The zero-order valence-corrected chi connectivity index (χ0v) is 9.78. The van der Waals surface area contributed by atoms with Gasteiger partial charge in [0.1, 0.15) is 10.7 Å². The van der Waals surface area contributed by atoms with Crippen molar-refractivity contribution in [2.45, 2.75) is 11.3 Å². The molecule has 0 atom stereocenters. The van der Waals surface area contributed by atoms with E-state index >= 15 is 0 Å². The zero-order chi connectivity index (χ0) is 12.2. The Hall–Kier alpha value is -1.09. The van der Waals surface area contributed by atoms with Crippen LogP contribution in [0, 0.1) is 18.2 Å². The number of halogens is 2.